The number of rotatable bonds is 9. The van der Waals surface area contributed by atoms with Gasteiger partial charge in [-0.25, -0.2) is 0 Å². The normalized spacial score (nSPS) is 14.5. The van der Waals surface area contributed by atoms with Crippen LogP contribution in [0.2, 0.25) is 0 Å². The van der Waals surface area contributed by atoms with E-state index in [0.29, 0.717) is 31.7 Å². The van der Waals surface area contributed by atoms with Gasteiger partial charge in [0.25, 0.3) is 11.8 Å². The number of anilines is 1. The number of amides is 3. The third kappa shape index (κ3) is 6.05. The number of nitrogens with zero attached hydrogens (tertiary/aromatic N) is 1. The van der Waals surface area contributed by atoms with Crippen LogP contribution in [0.5, 0.6) is 0 Å². The van der Waals surface area contributed by atoms with E-state index in [9.17, 15) is 19.2 Å². The maximum Gasteiger partial charge on any atom is 0.326 e. The van der Waals surface area contributed by atoms with Gasteiger partial charge in [0.2, 0.25) is 5.91 Å². The molecule has 1 aromatic rings. The van der Waals surface area contributed by atoms with Gasteiger partial charge in [0.1, 0.15) is 6.54 Å². The molecule has 0 radical (unpaired) electrons. The first-order chi connectivity index (χ1) is 13.4. The van der Waals surface area contributed by atoms with Gasteiger partial charge in [0, 0.05) is 37.9 Å². The van der Waals surface area contributed by atoms with Gasteiger partial charge in [-0.1, -0.05) is 0 Å². The highest BCUT2D eigenvalue weighted by molar-refractivity contribution is 5.98. The van der Waals surface area contributed by atoms with Gasteiger partial charge in [0.15, 0.2) is 6.10 Å². The van der Waals surface area contributed by atoms with Crippen LogP contribution in [0.3, 0.4) is 0 Å². The van der Waals surface area contributed by atoms with Crippen molar-refractivity contribution in [1.82, 2.24) is 10.6 Å². The summed E-state index contributed by atoms with van der Waals surface area (Å²) in [7, 11) is 1.51. The summed E-state index contributed by atoms with van der Waals surface area (Å²) >= 11 is 0. The van der Waals surface area contributed by atoms with Crippen LogP contribution in [-0.4, -0.2) is 63.1 Å². The molecule has 9 heteroatoms. The van der Waals surface area contributed by atoms with Crippen LogP contribution in [0.4, 0.5) is 5.69 Å². The molecular weight excluding hydrogens is 366 g/mol. The van der Waals surface area contributed by atoms with Crippen LogP contribution < -0.4 is 15.5 Å². The summed E-state index contributed by atoms with van der Waals surface area (Å²) in [5, 5.41) is 5.00. The minimum atomic E-state index is -0.974. The molecular formula is C19H25N3O6. The molecule has 0 aromatic heterocycles. The van der Waals surface area contributed by atoms with Crippen molar-refractivity contribution in [2.24, 2.45) is 0 Å². The SMILES string of the molecule is COCCNC(=O)[C@@H](C)OC(=O)CNC(=O)c1ccc(N2CCCC2=O)cc1. The van der Waals surface area contributed by atoms with Crippen molar-refractivity contribution >= 4 is 29.4 Å². The summed E-state index contributed by atoms with van der Waals surface area (Å²) in [6, 6.07) is 6.58. The van der Waals surface area contributed by atoms with Gasteiger partial charge in [-0.3, -0.25) is 19.2 Å². The molecule has 1 saturated heterocycles. The molecule has 1 atom stereocenters. The molecule has 1 aliphatic heterocycles. The Morgan fingerprint density at radius 3 is 2.50 bits per heavy atom. The van der Waals surface area contributed by atoms with E-state index in [-0.39, 0.29) is 12.5 Å². The van der Waals surface area contributed by atoms with E-state index < -0.39 is 23.9 Å². The summed E-state index contributed by atoms with van der Waals surface area (Å²) in [5.74, 6) is -1.54. The molecule has 0 spiro atoms. The number of hydrogen-bond acceptors (Lipinski definition) is 6. The van der Waals surface area contributed by atoms with Crippen LogP contribution in [0.1, 0.15) is 30.1 Å². The molecule has 1 heterocycles. The Hall–Kier alpha value is -2.94. The highest BCUT2D eigenvalue weighted by Gasteiger charge is 2.22. The summed E-state index contributed by atoms with van der Waals surface area (Å²) < 4.78 is 9.79. The quantitative estimate of drug-likeness (QED) is 0.460. The Morgan fingerprint density at radius 2 is 1.89 bits per heavy atom. The second-order valence-electron chi connectivity index (χ2n) is 6.29. The number of esters is 1. The van der Waals surface area contributed by atoms with Crippen molar-refractivity contribution in [1.29, 1.82) is 0 Å². The van der Waals surface area contributed by atoms with Crippen molar-refractivity contribution in [3.63, 3.8) is 0 Å². The van der Waals surface area contributed by atoms with E-state index in [1.165, 1.54) is 14.0 Å². The largest absolute Gasteiger partial charge is 0.451 e. The molecule has 152 valence electrons. The topological polar surface area (TPSA) is 114 Å². The maximum absolute atomic E-state index is 12.1. The molecule has 2 rings (SSSR count). The molecule has 0 bridgehead atoms. The Labute approximate surface area is 163 Å². The zero-order chi connectivity index (χ0) is 20.5. The monoisotopic (exact) mass is 391 g/mol. The molecule has 9 nitrogen and oxygen atoms in total. The first-order valence-corrected chi connectivity index (χ1v) is 9.07. The molecule has 1 aromatic carbocycles. The summed E-state index contributed by atoms with van der Waals surface area (Å²) in [4.78, 5) is 49.1. The van der Waals surface area contributed by atoms with Crippen LogP contribution in [0, 0.1) is 0 Å². The van der Waals surface area contributed by atoms with Crippen LogP contribution >= 0.6 is 0 Å². The number of nitrogens with one attached hydrogen (secondary N) is 2. The molecule has 0 unspecified atom stereocenters. The summed E-state index contributed by atoms with van der Waals surface area (Å²) in [5.41, 5.74) is 1.10. The second-order valence-corrected chi connectivity index (χ2v) is 6.29. The number of ether oxygens (including phenoxy) is 2. The van der Waals surface area contributed by atoms with Crippen LogP contribution in [-0.2, 0) is 23.9 Å². The maximum atomic E-state index is 12.1. The van der Waals surface area contributed by atoms with Gasteiger partial charge in [-0.15, -0.1) is 0 Å². The third-order valence-electron chi connectivity index (χ3n) is 4.19. The van der Waals surface area contributed by atoms with E-state index in [4.69, 9.17) is 9.47 Å². The fourth-order valence-electron chi connectivity index (χ4n) is 2.68. The number of benzene rings is 1. The van der Waals surface area contributed by atoms with Crippen molar-refractivity contribution < 1.29 is 28.7 Å². The third-order valence-corrected chi connectivity index (χ3v) is 4.19. The molecule has 1 fully saturated rings. The predicted octanol–water partition coefficient (Wildman–Crippen LogP) is 0.238. The van der Waals surface area contributed by atoms with Crippen molar-refractivity contribution in [2.75, 3.05) is 38.3 Å². The minimum Gasteiger partial charge on any atom is -0.451 e. The van der Waals surface area contributed by atoms with Gasteiger partial charge >= 0.3 is 5.97 Å². The Kier molecular flexibility index (Phi) is 7.94. The highest BCUT2D eigenvalue weighted by Crippen LogP contribution is 2.21. The minimum absolute atomic E-state index is 0.0697. The summed E-state index contributed by atoms with van der Waals surface area (Å²) in [6.07, 6.45) is 0.387. The molecule has 2 N–H and O–H groups in total. The van der Waals surface area contributed by atoms with E-state index in [1.54, 1.807) is 29.2 Å². The smallest absolute Gasteiger partial charge is 0.326 e. The predicted molar refractivity (Wildman–Crippen MR) is 101 cm³/mol. The van der Waals surface area contributed by atoms with Crippen LogP contribution in [0.15, 0.2) is 24.3 Å². The Morgan fingerprint density at radius 1 is 1.18 bits per heavy atom. The van der Waals surface area contributed by atoms with E-state index in [1.807, 2.05) is 0 Å². The van der Waals surface area contributed by atoms with E-state index in [2.05, 4.69) is 10.6 Å². The molecule has 28 heavy (non-hydrogen) atoms. The van der Waals surface area contributed by atoms with E-state index >= 15 is 0 Å². The lowest BCUT2D eigenvalue weighted by Gasteiger charge is -2.16. The van der Waals surface area contributed by atoms with Gasteiger partial charge in [0.05, 0.1) is 6.61 Å². The fourth-order valence-corrected chi connectivity index (χ4v) is 2.68. The lowest BCUT2D eigenvalue weighted by atomic mass is 10.2. The standard InChI is InChI=1S/C19H25N3O6/c1-13(18(25)20-9-11-27-2)28-17(24)12-21-19(26)14-5-7-15(8-6-14)22-10-3-4-16(22)23/h5-8,13H,3-4,9-12H2,1-2H3,(H,20,25)(H,21,26)/t13-/m1/s1. The Bertz CT molecular complexity index is 719. The number of hydrogen-bond donors (Lipinski definition) is 2. The first-order valence-electron chi connectivity index (χ1n) is 9.07. The Balaban J connectivity index is 1.77. The molecule has 0 aliphatic carbocycles. The fraction of sp³-hybridized carbons (Fsp3) is 0.474. The van der Waals surface area contributed by atoms with E-state index in [0.717, 1.165) is 12.1 Å². The van der Waals surface area contributed by atoms with Gasteiger partial charge in [-0.05, 0) is 37.6 Å². The summed E-state index contributed by atoms with van der Waals surface area (Å²) in [6.45, 7) is 2.43. The van der Waals surface area contributed by atoms with Gasteiger partial charge in [-0.2, -0.15) is 0 Å². The van der Waals surface area contributed by atoms with Gasteiger partial charge < -0.3 is 25.0 Å². The number of methoxy groups -OCH3 is 1. The zero-order valence-electron chi connectivity index (χ0n) is 16.0. The average Bonchev–Trinajstić information content (AvgIpc) is 3.12. The number of carbonyl (C=O) groups is 4. The van der Waals surface area contributed by atoms with Crippen molar-refractivity contribution in [3.05, 3.63) is 29.8 Å². The average molecular weight is 391 g/mol. The second kappa shape index (κ2) is 10.4. The first kappa shape index (κ1) is 21.4. The van der Waals surface area contributed by atoms with Crippen molar-refractivity contribution in [2.45, 2.75) is 25.9 Å². The lowest BCUT2D eigenvalue weighted by molar-refractivity contribution is -0.153. The molecule has 1 aliphatic rings. The molecule has 0 saturated carbocycles. The van der Waals surface area contributed by atoms with Crippen molar-refractivity contribution in [3.8, 4) is 0 Å². The molecule has 3 amide bonds. The highest BCUT2D eigenvalue weighted by atomic mass is 16.5. The lowest BCUT2D eigenvalue weighted by Crippen LogP contribution is -2.39. The zero-order valence-corrected chi connectivity index (χ0v) is 16.0. The van der Waals surface area contributed by atoms with Crippen LogP contribution in [0.25, 0.3) is 0 Å². The number of carbonyl (C=O) groups excluding carboxylic acids is 4.